The molecule has 8 heteroatoms. The van der Waals surface area contributed by atoms with Gasteiger partial charge in [-0.05, 0) is 55.0 Å². The molecule has 4 aromatic rings. The fourth-order valence-electron chi connectivity index (χ4n) is 3.22. The van der Waals surface area contributed by atoms with Crippen LogP contribution in [0.2, 0.25) is 5.02 Å². The minimum absolute atomic E-state index is 0.0881. The van der Waals surface area contributed by atoms with Crippen molar-refractivity contribution in [3.63, 3.8) is 0 Å². The van der Waals surface area contributed by atoms with Crippen LogP contribution in [0.1, 0.15) is 11.1 Å². The normalized spacial score (nSPS) is 11.1. The van der Waals surface area contributed by atoms with Crippen LogP contribution >= 0.6 is 11.6 Å². The number of hydrogen-bond donors (Lipinski definition) is 0. The van der Waals surface area contributed by atoms with Crippen molar-refractivity contribution in [1.82, 2.24) is 0 Å². The Hall–Kier alpha value is -4.23. The SMILES string of the molecule is Cc1ccc2oc(-c3ccc(Cl)cc3)c(OC(=O)/C=C/c3cccc([N+](=O)[O-])c3)c(=O)c2c1. The summed E-state index contributed by atoms with van der Waals surface area (Å²) < 4.78 is 11.4. The second-order valence-corrected chi connectivity index (χ2v) is 7.64. The van der Waals surface area contributed by atoms with Crippen molar-refractivity contribution < 1.29 is 18.9 Å². The van der Waals surface area contributed by atoms with Gasteiger partial charge >= 0.3 is 5.97 Å². The summed E-state index contributed by atoms with van der Waals surface area (Å²) in [4.78, 5) is 36.2. The number of aryl methyl sites for hydroxylation is 1. The van der Waals surface area contributed by atoms with Gasteiger partial charge in [-0.1, -0.05) is 35.4 Å². The summed E-state index contributed by atoms with van der Waals surface area (Å²) in [5.41, 5.74) is 1.52. The number of hydrogen-bond acceptors (Lipinski definition) is 6. The van der Waals surface area contributed by atoms with Gasteiger partial charge in [0.2, 0.25) is 11.2 Å². The van der Waals surface area contributed by atoms with E-state index in [0.29, 0.717) is 21.7 Å². The van der Waals surface area contributed by atoms with Crippen molar-refractivity contribution in [1.29, 1.82) is 0 Å². The number of non-ortho nitro benzene ring substituents is 1. The summed E-state index contributed by atoms with van der Waals surface area (Å²) in [6.07, 6.45) is 2.45. The lowest BCUT2D eigenvalue weighted by Crippen LogP contribution is -2.14. The number of rotatable bonds is 5. The minimum atomic E-state index is -0.837. The number of nitrogens with zero attached hydrogens (tertiary/aromatic N) is 1. The lowest BCUT2D eigenvalue weighted by Gasteiger charge is -2.10. The highest BCUT2D eigenvalue weighted by Crippen LogP contribution is 2.32. The molecule has 0 N–H and O–H groups in total. The van der Waals surface area contributed by atoms with Crippen LogP contribution in [-0.4, -0.2) is 10.9 Å². The number of carbonyl (C=O) groups is 1. The van der Waals surface area contributed by atoms with Crippen molar-refractivity contribution in [3.05, 3.63) is 109 Å². The van der Waals surface area contributed by atoms with E-state index in [2.05, 4.69) is 0 Å². The molecule has 0 unspecified atom stereocenters. The predicted molar refractivity (Wildman–Crippen MR) is 125 cm³/mol. The molecule has 0 aliphatic carbocycles. The van der Waals surface area contributed by atoms with Gasteiger partial charge in [0, 0.05) is 28.8 Å². The molecule has 0 saturated heterocycles. The molecule has 0 bridgehead atoms. The van der Waals surface area contributed by atoms with Crippen LogP contribution in [0.5, 0.6) is 5.75 Å². The number of nitro groups is 1. The Labute approximate surface area is 192 Å². The van der Waals surface area contributed by atoms with Gasteiger partial charge in [0.25, 0.3) is 5.69 Å². The second kappa shape index (κ2) is 9.10. The Morgan fingerprint density at radius 3 is 2.58 bits per heavy atom. The number of ether oxygens (including phenoxy) is 1. The molecule has 0 radical (unpaired) electrons. The van der Waals surface area contributed by atoms with E-state index in [9.17, 15) is 19.7 Å². The van der Waals surface area contributed by atoms with Crippen LogP contribution in [0, 0.1) is 17.0 Å². The fourth-order valence-corrected chi connectivity index (χ4v) is 3.34. The number of halogens is 1. The number of fused-ring (bicyclic) bond motifs is 1. The van der Waals surface area contributed by atoms with E-state index in [1.165, 1.54) is 24.3 Å². The molecule has 0 aliphatic heterocycles. The van der Waals surface area contributed by atoms with E-state index in [4.69, 9.17) is 20.8 Å². The minimum Gasteiger partial charge on any atom is -0.452 e. The summed E-state index contributed by atoms with van der Waals surface area (Å²) in [6, 6.07) is 17.5. The average Bonchev–Trinajstić information content (AvgIpc) is 2.80. The van der Waals surface area contributed by atoms with E-state index in [1.807, 2.05) is 13.0 Å². The Bertz CT molecular complexity index is 1470. The van der Waals surface area contributed by atoms with Crippen molar-refractivity contribution in [2.75, 3.05) is 0 Å². The molecule has 0 saturated carbocycles. The average molecular weight is 462 g/mol. The van der Waals surface area contributed by atoms with Gasteiger partial charge in [-0.25, -0.2) is 4.79 Å². The Kier molecular flexibility index (Phi) is 6.06. The lowest BCUT2D eigenvalue weighted by atomic mass is 10.1. The van der Waals surface area contributed by atoms with Crippen LogP contribution in [0.3, 0.4) is 0 Å². The summed E-state index contributed by atoms with van der Waals surface area (Å²) in [5.74, 6) is -1.01. The second-order valence-electron chi connectivity index (χ2n) is 7.20. The largest absolute Gasteiger partial charge is 0.452 e. The Morgan fingerprint density at radius 1 is 1.09 bits per heavy atom. The van der Waals surface area contributed by atoms with Gasteiger partial charge in [-0.2, -0.15) is 0 Å². The standard InChI is InChI=1S/C25H16ClNO6/c1-15-5-11-21-20(13-15)23(29)25(24(32-21)17-7-9-18(26)10-8-17)33-22(28)12-6-16-3-2-4-19(14-16)27(30)31/h2-14H,1H3/b12-6+. The molecule has 33 heavy (non-hydrogen) atoms. The van der Waals surface area contributed by atoms with Gasteiger partial charge in [-0.3, -0.25) is 14.9 Å². The van der Waals surface area contributed by atoms with Gasteiger partial charge in [0.05, 0.1) is 10.3 Å². The number of benzene rings is 3. The Balaban J connectivity index is 1.74. The van der Waals surface area contributed by atoms with E-state index < -0.39 is 16.3 Å². The van der Waals surface area contributed by atoms with Gasteiger partial charge in [0.1, 0.15) is 5.58 Å². The number of esters is 1. The zero-order valence-electron chi connectivity index (χ0n) is 17.3. The van der Waals surface area contributed by atoms with Crippen LogP contribution < -0.4 is 10.2 Å². The number of carbonyl (C=O) groups excluding carboxylic acids is 1. The Morgan fingerprint density at radius 2 is 1.85 bits per heavy atom. The highest BCUT2D eigenvalue weighted by Gasteiger charge is 2.20. The number of nitro benzene ring substituents is 1. The third kappa shape index (κ3) is 4.83. The summed E-state index contributed by atoms with van der Waals surface area (Å²) >= 11 is 5.97. The first kappa shape index (κ1) is 22.0. The molecule has 1 aromatic heterocycles. The van der Waals surface area contributed by atoms with Crippen LogP contribution in [0.25, 0.3) is 28.4 Å². The molecular formula is C25H16ClNO6. The zero-order valence-corrected chi connectivity index (χ0v) is 18.0. The predicted octanol–water partition coefficient (Wildman–Crippen LogP) is 5.95. The fraction of sp³-hybridized carbons (Fsp3) is 0.0400. The molecule has 0 amide bonds. The third-order valence-corrected chi connectivity index (χ3v) is 5.06. The highest BCUT2D eigenvalue weighted by molar-refractivity contribution is 6.30. The molecule has 7 nitrogen and oxygen atoms in total. The molecule has 0 aliphatic rings. The molecule has 0 atom stereocenters. The molecule has 0 fully saturated rings. The first-order valence-corrected chi connectivity index (χ1v) is 10.2. The first-order valence-electron chi connectivity index (χ1n) is 9.79. The lowest BCUT2D eigenvalue weighted by molar-refractivity contribution is -0.384. The van der Waals surface area contributed by atoms with Gasteiger partial charge < -0.3 is 9.15 Å². The van der Waals surface area contributed by atoms with Crippen LogP contribution in [0.4, 0.5) is 5.69 Å². The zero-order chi connectivity index (χ0) is 23.5. The molecule has 3 aromatic carbocycles. The van der Waals surface area contributed by atoms with Gasteiger partial charge in [-0.15, -0.1) is 0 Å². The molecule has 164 valence electrons. The smallest absolute Gasteiger partial charge is 0.336 e. The molecule has 0 spiro atoms. The third-order valence-electron chi connectivity index (χ3n) is 4.81. The van der Waals surface area contributed by atoms with E-state index >= 15 is 0 Å². The van der Waals surface area contributed by atoms with E-state index in [-0.39, 0.29) is 22.6 Å². The van der Waals surface area contributed by atoms with Crippen molar-refractivity contribution >= 4 is 40.3 Å². The maximum absolute atomic E-state index is 13.2. The van der Waals surface area contributed by atoms with E-state index in [0.717, 1.165) is 11.6 Å². The summed E-state index contributed by atoms with van der Waals surface area (Å²) in [5, 5.41) is 11.7. The van der Waals surface area contributed by atoms with Crippen LogP contribution in [-0.2, 0) is 4.79 Å². The maximum atomic E-state index is 13.2. The summed E-state index contributed by atoms with van der Waals surface area (Å²) in [7, 11) is 0. The molecule has 4 rings (SSSR count). The topological polar surface area (TPSA) is 99.7 Å². The molecule has 1 heterocycles. The monoisotopic (exact) mass is 461 g/mol. The molecular weight excluding hydrogens is 446 g/mol. The summed E-state index contributed by atoms with van der Waals surface area (Å²) in [6.45, 7) is 1.83. The quantitative estimate of drug-likeness (QED) is 0.157. The van der Waals surface area contributed by atoms with Crippen molar-refractivity contribution in [3.8, 4) is 17.1 Å². The van der Waals surface area contributed by atoms with E-state index in [1.54, 1.807) is 42.5 Å². The van der Waals surface area contributed by atoms with Gasteiger partial charge in [0.15, 0.2) is 5.76 Å². The van der Waals surface area contributed by atoms with Crippen molar-refractivity contribution in [2.45, 2.75) is 6.92 Å². The first-order chi connectivity index (χ1) is 15.8. The maximum Gasteiger partial charge on any atom is 0.336 e. The highest BCUT2D eigenvalue weighted by atomic mass is 35.5. The van der Waals surface area contributed by atoms with Crippen LogP contribution in [0.15, 0.2) is 82.0 Å². The van der Waals surface area contributed by atoms with Crippen molar-refractivity contribution in [2.24, 2.45) is 0 Å².